The van der Waals surface area contributed by atoms with E-state index in [0.29, 0.717) is 12.5 Å². The van der Waals surface area contributed by atoms with Crippen molar-refractivity contribution in [1.29, 1.82) is 0 Å². The molecule has 4 nitrogen and oxygen atoms in total. The van der Waals surface area contributed by atoms with Crippen molar-refractivity contribution >= 4 is 5.84 Å². The molecule has 1 aromatic rings. The predicted octanol–water partition coefficient (Wildman–Crippen LogP) is 1.05. The van der Waals surface area contributed by atoms with Crippen molar-refractivity contribution in [3.63, 3.8) is 0 Å². The zero-order valence-electron chi connectivity index (χ0n) is 8.45. The molecule has 4 heteroatoms. The molecular formula is C10H16N4. The zero-order chi connectivity index (χ0) is 9.97. The van der Waals surface area contributed by atoms with E-state index in [1.807, 2.05) is 6.07 Å². The number of nitrogens with two attached hydrogens (primary N) is 1. The topological polar surface area (TPSA) is 55.3 Å². The molecule has 0 aromatic carbocycles. The number of hydrogen-bond donors (Lipinski definition) is 2. The predicted molar refractivity (Wildman–Crippen MR) is 58.0 cm³/mol. The number of nitrogens with zero attached hydrogens (tertiary/aromatic N) is 2. The number of rotatable bonds is 3. The molecule has 1 aromatic heterocycles. The van der Waals surface area contributed by atoms with Gasteiger partial charge < -0.3 is 11.2 Å². The highest BCUT2D eigenvalue weighted by Gasteiger charge is 2.13. The number of nitrogens with one attached hydrogen (secondary N) is 1. The molecule has 1 aliphatic rings. The molecule has 76 valence electrons. The van der Waals surface area contributed by atoms with Gasteiger partial charge in [0.15, 0.2) is 0 Å². The zero-order valence-corrected chi connectivity index (χ0v) is 8.45. The second-order valence-electron chi connectivity index (χ2n) is 3.51. The molecule has 3 N–H and O–H groups in total. The highest BCUT2D eigenvalue weighted by atomic mass is 15.5. The van der Waals surface area contributed by atoms with Gasteiger partial charge in [-0.15, -0.1) is 0 Å². The molecule has 14 heavy (non-hydrogen) atoms. The number of aryl methyl sites for hydroxylation is 1. The average molecular weight is 192 g/mol. The summed E-state index contributed by atoms with van der Waals surface area (Å²) in [5.74, 6) is 0.631. The first-order valence-electron chi connectivity index (χ1n) is 5.07. The first-order chi connectivity index (χ1) is 6.83. The third-order valence-corrected chi connectivity index (χ3v) is 2.49. The summed E-state index contributed by atoms with van der Waals surface area (Å²) in [6.07, 6.45) is 3.52. The number of aromatic nitrogens is 1. The Kier molecular flexibility index (Phi) is 2.43. The number of aliphatic imine (C=N–C) groups is 1. The Labute approximate surface area is 83.8 Å². The van der Waals surface area contributed by atoms with E-state index < -0.39 is 0 Å². The molecule has 0 amide bonds. The van der Waals surface area contributed by atoms with E-state index in [2.05, 4.69) is 28.1 Å². The van der Waals surface area contributed by atoms with Crippen LogP contribution in [-0.4, -0.2) is 17.2 Å². The van der Waals surface area contributed by atoms with Crippen molar-refractivity contribution in [1.82, 2.24) is 4.68 Å². The molecule has 0 fully saturated rings. The quantitative estimate of drug-likeness (QED) is 0.752. The Bertz CT molecular complexity index is 351. The van der Waals surface area contributed by atoms with Gasteiger partial charge in [0.1, 0.15) is 18.2 Å². The van der Waals surface area contributed by atoms with Crippen LogP contribution in [0.1, 0.15) is 31.2 Å². The van der Waals surface area contributed by atoms with Gasteiger partial charge in [-0.2, -0.15) is 0 Å². The lowest BCUT2D eigenvalue weighted by atomic mass is 10.2. The van der Waals surface area contributed by atoms with Gasteiger partial charge in [-0.25, -0.2) is 4.99 Å². The minimum absolute atomic E-state index is 0.576. The van der Waals surface area contributed by atoms with E-state index in [4.69, 9.17) is 5.73 Å². The van der Waals surface area contributed by atoms with Crippen molar-refractivity contribution < 1.29 is 0 Å². The van der Waals surface area contributed by atoms with Crippen molar-refractivity contribution in [2.75, 3.05) is 12.1 Å². The van der Waals surface area contributed by atoms with E-state index in [1.54, 1.807) is 0 Å². The van der Waals surface area contributed by atoms with Crippen LogP contribution in [0.15, 0.2) is 17.1 Å². The molecule has 2 rings (SSSR count). The molecule has 0 atom stereocenters. The van der Waals surface area contributed by atoms with Crippen LogP contribution in [0.25, 0.3) is 0 Å². The summed E-state index contributed by atoms with van der Waals surface area (Å²) in [5.41, 5.74) is 11.3. The van der Waals surface area contributed by atoms with E-state index in [1.165, 1.54) is 18.5 Å². The summed E-state index contributed by atoms with van der Waals surface area (Å²) in [6.45, 7) is 2.77. The summed E-state index contributed by atoms with van der Waals surface area (Å²) in [4.78, 5) is 4.13. The lowest BCUT2D eigenvalue weighted by Crippen LogP contribution is -2.31. The second kappa shape index (κ2) is 3.74. The summed E-state index contributed by atoms with van der Waals surface area (Å²) in [5, 5.41) is 0. The van der Waals surface area contributed by atoms with Crippen molar-refractivity contribution in [3.8, 4) is 0 Å². The molecule has 2 heterocycles. The normalized spacial score (nSPS) is 14.5. The van der Waals surface area contributed by atoms with Gasteiger partial charge >= 0.3 is 0 Å². The third-order valence-electron chi connectivity index (χ3n) is 2.49. The van der Waals surface area contributed by atoms with Crippen molar-refractivity contribution in [2.45, 2.75) is 26.2 Å². The van der Waals surface area contributed by atoms with E-state index in [-0.39, 0.29) is 0 Å². The number of hydrogen-bond acceptors (Lipinski definition) is 3. The monoisotopic (exact) mass is 192 g/mol. The fraction of sp³-hybridized carbons (Fsp3) is 0.500. The van der Waals surface area contributed by atoms with Gasteiger partial charge in [0, 0.05) is 5.69 Å². The molecule has 0 saturated carbocycles. The molecule has 0 bridgehead atoms. The van der Waals surface area contributed by atoms with Crippen LogP contribution in [0.5, 0.6) is 0 Å². The maximum absolute atomic E-state index is 5.78. The Hall–Kier alpha value is -1.45. The van der Waals surface area contributed by atoms with Crippen LogP contribution in [-0.2, 0) is 6.42 Å². The highest BCUT2D eigenvalue weighted by molar-refractivity contribution is 5.96. The van der Waals surface area contributed by atoms with Gasteiger partial charge in [0.2, 0.25) is 0 Å². The van der Waals surface area contributed by atoms with Crippen LogP contribution >= 0.6 is 0 Å². The largest absolute Gasteiger partial charge is 0.382 e. The van der Waals surface area contributed by atoms with Gasteiger partial charge in [0.25, 0.3) is 0 Å². The number of fused-ring (bicyclic) bond motifs is 1. The van der Waals surface area contributed by atoms with Crippen LogP contribution in [0.3, 0.4) is 0 Å². The Morgan fingerprint density at radius 1 is 1.57 bits per heavy atom. The van der Waals surface area contributed by atoms with Crippen molar-refractivity contribution in [2.24, 2.45) is 10.7 Å². The molecule has 1 aliphatic heterocycles. The summed E-state index contributed by atoms with van der Waals surface area (Å²) < 4.78 is 2.05. The first-order valence-corrected chi connectivity index (χ1v) is 5.07. The Morgan fingerprint density at radius 3 is 3.21 bits per heavy atom. The lowest BCUT2D eigenvalue weighted by Gasteiger charge is -2.18. The highest BCUT2D eigenvalue weighted by Crippen LogP contribution is 2.12. The van der Waals surface area contributed by atoms with Gasteiger partial charge in [-0.3, -0.25) is 4.68 Å². The average Bonchev–Trinajstić information content (AvgIpc) is 2.60. The van der Waals surface area contributed by atoms with E-state index in [9.17, 15) is 0 Å². The van der Waals surface area contributed by atoms with Gasteiger partial charge in [-0.05, 0) is 25.0 Å². The van der Waals surface area contributed by atoms with Crippen LogP contribution in [0.2, 0.25) is 0 Å². The van der Waals surface area contributed by atoms with E-state index in [0.717, 1.165) is 12.1 Å². The minimum atomic E-state index is 0.576. The number of unbranched alkanes of at least 4 members (excludes halogenated alkanes) is 1. The molecule has 0 spiro atoms. The third kappa shape index (κ3) is 1.47. The Morgan fingerprint density at radius 2 is 2.43 bits per heavy atom. The second-order valence-corrected chi connectivity index (χ2v) is 3.51. The van der Waals surface area contributed by atoms with Crippen LogP contribution in [0, 0.1) is 0 Å². The molecular weight excluding hydrogens is 176 g/mol. The smallest absolute Gasteiger partial charge is 0.146 e. The van der Waals surface area contributed by atoms with Crippen molar-refractivity contribution in [3.05, 3.63) is 23.5 Å². The Balaban J connectivity index is 2.24. The molecule has 0 aliphatic carbocycles. The SMILES string of the molecule is CCCCc1ccc2n1NCN=C2N. The van der Waals surface area contributed by atoms with Crippen LogP contribution in [0.4, 0.5) is 0 Å². The molecule has 0 saturated heterocycles. The molecule has 0 radical (unpaired) electrons. The van der Waals surface area contributed by atoms with Crippen LogP contribution < -0.4 is 11.2 Å². The molecule has 0 unspecified atom stereocenters. The minimum Gasteiger partial charge on any atom is -0.382 e. The fourth-order valence-corrected chi connectivity index (χ4v) is 1.69. The maximum atomic E-state index is 5.78. The standard InChI is InChI=1S/C10H16N4/c1-2-3-4-8-5-6-9-10(11)12-7-13-14(8)9/h5-6,13H,2-4,7H2,1H3,(H2,11,12). The van der Waals surface area contributed by atoms with E-state index >= 15 is 0 Å². The summed E-state index contributed by atoms with van der Waals surface area (Å²) in [7, 11) is 0. The summed E-state index contributed by atoms with van der Waals surface area (Å²) >= 11 is 0. The number of amidine groups is 1. The lowest BCUT2D eigenvalue weighted by molar-refractivity contribution is 0.712. The van der Waals surface area contributed by atoms with Gasteiger partial charge in [0.05, 0.1) is 0 Å². The summed E-state index contributed by atoms with van der Waals surface area (Å²) in [6, 6.07) is 4.14. The van der Waals surface area contributed by atoms with Gasteiger partial charge in [-0.1, -0.05) is 13.3 Å². The fourth-order valence-electron chi connectivity index (χ4n) is 1.69. The first kappa shape index (κ1) is 9.12. The maximum Gasteiger partial charge on any atom is 0.146 e.